The monoisotopic (exact) mass is 292 g/mol. The second-order valence-electron chi connectivity index (χ2n) is 6.33. The zero-order valence-electron chi connectivity index (χ0n) is 13.4. The number of aryl methyl sites for hydroxylation is 1. The molecular formula is C19H20N2O. The minimum absolute atomic E-state index is 0.0197. The molecule has 1 aliphatic heterocycles. The van der Waals surface area contributed by atoms with E-state index in [0.717, 1.165) is 16.9 Å². The van der Waals surface area contributed by atoms with Gasteiger partial charge in [0.05, 0.1) is 16.8 Å². The first-order valence-corrected chi connectivity index (χ1v) is 7.46. The number of carbonyl (C=O) groups is 1. The van der Waals surface area contributed by atoms with Crippen molar-refractivity contribution < 1.29 is 4.79 Å². The van der Waals surface area contributed by atoms with Crippen molar-refractivity contribution in [2.45, 2.75) is 33.2 Å². The van der Waals surface area contributed by atoms with E-state index in [1.54, 1.807) is 6.20 Å². The van der Waals surface area contributed by atoms with Gasteiger partial charge in [-0.25, -0.2) is 0 Å². The van der Waals surface area contributed by atoms with Crippen molar-refractivity contribution in [2.24, 2.45) is 0 Å². The molecule has 0 bridgehead atoms. The van der Waals surface area contributed by atoms with Gasteiger partial charge in [-0.2, -0.15) is 0 Å². The summed E-state index contributed by atoms with van der Waals surface area (Å²) in [6.45, 7) is 8.13. The maximum atomic E-state index is 13.1. The van der Waals surface area contributed by atoms with Crippen LogP contribution in [0, 0.1) is 6.92 Å². The van der Waals surface area contributed by atoms with Gasteiger partial charge in [0.2, 0.25) is 0 Å². The first-order valence-electron chi connectivity index (χ1n) is 7.46. The normalized spacial score (nSPS) is 16.0. The Morgan fingerprint density at radius 2 is 1.82 bits per heavy atom. The van der Waals surface area contributed by atoms with Gasteiger partial charge in [-0.1, -0.05) is 24.3 Å². The minimum atomic E-state index is -0.375. The first kappa shape index (κ1) is 14.5. The highest BCUT2D eigenvalue weighted by atomic mass is 16.2. The molecule has 1 aromatic heterocycles. The number of amides is 1. The molecular weight excluding hydrogens is 272 g/mol. The Kier molecular flexibility index (Phi) is 3.36. The number of hydrogen-bond donors (Lipinski definition) is 0. The lowest BCUT2D eigenvalue weighted by Crippen LogP contribution is -2.49. The van der Waals surface area contributed by atoms with E-state index in [1.165, 1.54) is 5.57 Å². The van der Waals surface area contributed by atoms with Crippen molar-refractivity contribution in [2.75, 3.05) is 4.90 Å². The molecule has 3 heteroatoms. The Balaban J connectivity index is 2.12. The number of aromatic nitrogens is 1. The van der Waals surface area contributed by atoms with Crippen LogP contribution in [0.4, 0.5) is 5.69 Å². The molecule has 0 saturated heterocycles. The molecule has 1 aromatic carbocycles. The Hall–Kier alpha value is -2.42. The van der Waals surface area contributed by atoms with Gasteiger partial charge in [-0.05, 0) is 51.5 Å². The summed E-state index contributed by atoms with van der Waals surface area (Å²) in [6.07, 6.45) is 3.80. The van der Waals surface area contributed by atoms with Crippen LogP contribution in [-0.2, 0) is 0 Å². The molecule has 1 amide bonds. The number of fused-ring (bicyclic) bond motifs is 1. The van der Waals surface area contributed by atoms with E-state index in [4.69, 9.17) is 0 Å². The smallest absolute Gasteiger partial charge is 0.260 e. The molecule has 2 aromatic rings. The molecule has 2 heterocycles. The van der Waals surface area contributed by atoms with Crippen LogP contribution in [0.15, 0.2) is 48.7 Å². The highest BCUT2D eigenvalue weighted by molar-refractivity contribution is 6.09. The van der Waals surface area contributed by atoms with E-state index in [9.17, 15) is 4.79 Å². The van der Waals surface area contributed by atoms with Gasteiger partial charge in [-0.15, -0.1) is 0 Å². The number of para-hydroxylation sites is 1. The number of pyridine rings is 1. The highest BCUT2D eigenvalue weighted by Gasteiger charge is 2.36. The molecule has 0 fully saturated rings. The van der Waals surface area contributed by atoms with Crippen molar-refractivity contribution in [3.63, 3.8) is 0 Å². The van der Waals surface area contributed by atoms with Crippen LogP contribution in [0.3, 0.4) is 0 Å². The van der Waals surface area contributed by atoms with Crippen molar-refractivity contribution in [3.8, 4) is 0 Å². The van der Waals surface area contributed by atoms with Crippen LogP contribution in [0.25, 0.3) is 5.57 Å². The van der Waals surface area contributed by atoms with Crippen molar-refractivity contribution in [1.82, 2.24) is 4.98 Å². The molecule has 22 heavy (non-hydrogen) atoms. The summed E-state index contributed by atoms with van der Waals surface area (Å²) in [5.41, 5.74) is 4.41. The summed E-state index contributed by atoms with van der Waals surface area (Å²) < 4.78 is 0. The second-order valence-corrected chi connectivity index (χ2v) is 6.33. The second kappa shape index (κ2) is 5.09. The van der Waals surface area contributed by atoms with E-state index < -0.39 is 0 Å². The molecule has 3 rings (SSSR count). The fraction of sp³-hybridized carbons (Fsp3) is 0.263. The average molecular weight is 292 g/mol. The van der Waals surface area contributed by atoms with Gasteiger partial charge in [-0.3, -0.25) is 14.7 Å². The van der Waals surface area contributed by atoms with E-state index in [1.807, 2.05) is 42.2 Å². The number of anilines is 1. The largest absolute Gasteiger partial charge is 0.299 e. The lowest BCUT2D eigenvalue weighted by atomic mass is 9.88. The van der Waals surface area contributed by atoms with Crippen molar-refractivity contribution >= 4 is 17.2 Å². The number of nitrogens with zero attached hydrogens (tertiary/aromatic N) is 2. The van der Waals surface area contributed by atoms with E-state index >= 15 is 0 Å². The third-order valence-electron chi connectivity index (χ3n) is 4.08. The Labute approximate surface area is 131 Å². The van der Waals surface area contributed by atoms with E-state index in [0.29, 0.717) is 5.56 Å². The van der Waals surface area contributed by atoms with Crippen LogP contribution in [0.2, 0.25) is 0 Å². The van der Waals surface area contributed by atoms with Gasteiger partial charge in [0.25, 0.3) is 5.91 Å². The molecule has 112 valence electrons. The van der Waals surface area contributed by atoms with E-state index in [-0.39, 0.29) is 11.4 Å². The first-order chi connectivity index (χ1) is 10.4. The molecule has 0 saturated carbocycles. The molecule has 0 aliphatic carbocycles. The van der Waals surface area contributed by atoms with Gasteiger partial charge >= 0.3 is 0 Å². The number of benzene rings is 1. The Morgan fingerprint density at radius 1 is 1.09 bits per heavy atom. The van der Waals surface area contributed by atoms with Gasteiger partial charge in [0, 0.05) is 17.5 Å². The maximum Gasteiger partial charge on any atom is 0.260 e. The summed E-state index contributed by atoms with van der Waals surface area (Å²) >= 11 is 0. The van der Waals surface area contributed by atoms with Gasteiger partial charge < -0.3 is 0 Å². The average Bonchev–Trinajstić information content (AvgIpc) is 2.47. The van der Waals surface area contributed by atoms with Crippen LogP contribution in [-0.4, -0.2) is 16.4 Å². The minimum Gasteiger partial charge on any atom is -0.299 e. The third kappa shape index (κ3) is 2.33. The van der Waals surface area contributed by atoms with Crippen LogP contribution in [0.5, 0.6) is 0 Å². The van der Waals surface area contributed by atoms with E-state index in [2.05, 4.69) is 37.9 Å². The summed E-state index contributed by atoms with van der Waals surface area (Å²) in [5.74, 6) is -0.0197. The maximum absolute atomic E-state index is 13.1. The third-order valence-corrected chi connectivity index (χ3v) is 4.08. The van der Waals surface area contributed by atoms with Crippen LogP contribution >= 0.6 is 0 Å². The summed E-state index contributed by atoms with van der Waals surface area (Å²) in [6, 6.07) is 11.8. The van der Waals surface area contributed by atoms with Crippen molar-refractivity contribution in [1.29, 1.82) is 0 Å². The molecule has 0 unspecified atom stereocenters. The fourth-order valence-electron chi connectivity index (χ4n) is 3.08. The Bertz CT molecular complexity index is 757. The predicted molar refractivity (Wildman–Crippen MR) is 90.0 cm³/mol. The number of rotatable bonds is 1. The SMILES string of the molecule is CC1=CC(C)(C)N(C(=O)c2ccc(C)nc2)c2ccccc21. The molecule has 3 nitrogen and oxygen atoms in total. The number of carbonyl (C=O) groups excluding carboxylic acids is 1. The lowest BCUT2D eigenvalue weighted by Gasteiger charge is -2.41. The van der Waals surface area contributed by atoms with Crippen LogP contribution in [0.1, 0.15) is 42.4 Å². The van der Waals surface area contributed by atoms with Crippen LogP contribution < -0.4 is 4.90 Å². The molecule has 1 aliphatic rings. The zero-order valence-corrected chi connectivity index (χ0v) is 13.4. The summed E-state index contributed by atoms with van der Waals surface area (Å²) in [7, 11) is 0. The quantitative estimate of drug-likeness (QED) is 0.788. The summed E-state index contributed by atoms with van der Waals surface area (Å²) in [4.78, 5) is 19.2. The van der Waals surface area contributed by atoms with Gasteiger partial charge in [0.15, 0.2) is 0 Å². The topological polar surface area (TPSA) is 33.2 Å². The van der Waals surface area contributed by atoms with Gasteiger partial charge in [0.1, 0.15) is 0 Å². The predicted octanol–water partition coefficient (Wildman–Crippen LogP) is 4.23. The molecule has 0 atom stereocenters. The standard InChI is InChI=1S/C19H20N2O/c1-13-11-19(3,4)21(17-8-6-5-7-16(13)17)18(22)15-10-9-14(2)20-12-15/h5-12H,1-4H3. The number of allylic oxidation sites excluding steroid dienone is 1. The molecule has 0 N–H and O–H groups in total. The Morgan fingerprint density at radius 3 is 2.50 bits per heavy atom. The lowest BCUT2D eigenvalue weighted by molar-refractivity contribution is 0.0969. The highest BCUT2D eigenvalue weighted by Crippen LogP contribution is 2.39. The summed E-state index contributed by atoms with van der Waals surface area (Å²) in [5, 5.41) is 0. The number of hydrogen-bond acceptors (Lipinski definition) is 2. The van der Waals surface area contributed by atoms with Crippen molar-refractivity contribution in [3.05, 3.63) is 65.5 Å². The fourth-order valence-corrected chi connectivity index (χ4v) is 3.08. The zero-order chi connectivity index (χ0) is 15.9. The molecule has 0 spiro atoms. The molecule has 0 radical (unpaired) electrons.